The van der Waals surface area contributed by atoms with Crippen LogP contribution in [0.1, 0.15) is 82.8 Å². The highest BCUT2D eigenvalue weighted by molar-refractivity contribution is 5.37. The molecule has 1 nitrogen and oxygen atoms in total. The highest BCUT2D eigenvalue weighted by atomic mass is 19.2. The number of rotatable bonds is 9. The largest absolute Gasteiger partial charge is 0.491 e. The molecule has 0 radical (unpaired) electrons. The van der Waals surface area contributed by atoms with E-state index in [2.05, 4.69) is 6.92 Å². The molecule has 0 aromatic heterocycles. The molecule has 1 aliphatic carbocycles. The maximum atomic E-state index is 14.3. The lowest BCUT2D eigenvalue weighted by atomic mass is 9.78. The molecule has 0 N–H and O–H groups in total. The average molecular weight is 353 g/mol. The third kappa shape index (κ3) is 5.69. The molecule has 1 fully saturated rings. The van der Waals surface area contributed by atoms with Crippen molar-refractivity contribution in [2.45, 2.75) is 85.0 Å². The Morgan fingerprint density at radius 2 is 1.60 bits per heavy atom. The Labute approximate surface area is 152 Å². The van der Waals surface area contributed by atoms with E-state index < -0.39 is 11.6 Å². The zero-order chi connectivity index (χ0) is 18.2. The number of unbranched alkanes of at least 4 members (excludes halogenated alkanes) is 1. The molecule has 0 aliphatic heterocycles. The van der Waals surface area contributed by atoms with Crippen molar-refractivity contribution >= 4 is 0 Å². The average Bonchev–Trinajstić information content (AvgIpc) is 2.60. The van der Waals surface area contributed by atoms with Gasteiger partial charge in [0.25, 0.3) is 0 Å². The Balaban J connectivity index is 1.78. The van der Waals surface area contributed by atoms with Gasteiger partial charge in [0.2, 0.25) is 5.82 Å². The fourth-order valence-corrected chi connectivity index (χ4v) is 4.28. The normalized spacial score (nSPS) is 20.7. The van der Waals surface area contributed by atoms with Gasteiger partial charge in [0.05, 0.1) is 6.61 Å². The summed E-state index contributed by atoms with van der Waals surface area (Å²) in [6.07, 6.45) is 12.1. The number of hydrogen-bond donors (Lipinski definition) is 0. The summed E-state index contributed by atoms with van der Waals surface area (Å²) in [7, 11) is 0. The lowest BCUT2D eigenvalue weighted by Gasteiger charge is -2.28. The molecule has 0 heterocycles. The molecule has 0 bridgehead atoms. The monoisotopic (exact) mass is 352 g/mol. The van der Waals surface area contributed by atoms with Crippen molar-refractivity contribution in [2.75, 3.05) is 6.61 Å². The van der Waals surface area contributed by atoms with Gasteiger partial charge >= 0.3 is 0 Å². The van der Waals surface area contributed by atoms with E-state index in [0.717, 1.165) is 30.2 Å². The van der Waals surface area contributed by atoms with Crippen molar-refractivity contribution in [3.8, 4) is 5.75 Å². The van der Waals surface area contributed by atoms with Crippen LogP contribution >= 0.6 is 0 Å². The quantitative estimate of drug-likeness (QED) is 0.435. The van der Waals surface area contributed by atoms with E-state index in [9.17, 15) is 8.78 Å². The molecular weight excluding hydrogens is 318 g/mol. The highest BCUT2D eigenvalue weighted by Crippen LogP contribution is 2.34. The first-order valence-corrected chi connectivity index (χ1v) is 10.2. The Morgan fingerprint density at radius 1 is 0.960 bits per heavy atom. The summed E-state index contributed by atoms with van der Waals surface area (Å²) in [6, 6.07) is 1.63. The lowest BCUT2D eigenvalue weighted by molar-refractivity contribution is 0.248. The smallest absolute Gasteiger partial charge is 0.200 e. The summed E-state index contributed by atoms with van der Waals surface area (Å²) in [4.78, 5) is 0. The standard InChI is InChI=1S/C22H34F2O/c1-4-8-17-11-13-18(14-12-17)9-6-7-10-19-16(3)15-20(25-5-2)22(24)21(19)23/h15,17-18H,4-14H2,1-3H3. The molecule has 1 aromatic rings. The number of aryl methyl sites for hydroxylation is 1. The van der Waals surface area contributed by atoms with Crippen LogP contribution < -0.4 is 4.74 Å². The van der Waals surface area contributed by atoms with Gasteiger partial charge in [-0.25, -0.2) is 4.39 Å². The van der Waals surface area contributed by atoms with Gasteiger partial charge in [-0.3, -0.25) is 0 Å². The Kier molecular flexibility index (Phi) is 8.18. The zero-order valence-corrected chi connectivity index (χ0v) is 16.2. The van der Waals surface area contributed by atoms with E-state index in [1.165, 1.54) is 44.9 Å². The maximum Gasteiger partial charge on any atom is 0.200 e. The van der Waals surface area contributed by atoms with Crippen LogP contribution in [-0.4, -0.2) is 6.61 Å². The first-order chi connectivity index (χ1) is 12.1. The molecule has 1 aromatic carbocycles. The van der Waals surface area contributed by atoms with Crippen LogP contribution in [0.4, 0.5) is 8.78 Å². The third-order valence-corrected chi connectivity index (χ3v) is 5.75. The fraction of sp³-hybridized carbons (Fsp3) is 0.727. The van der Waals surface area contributed by atoms with Gasteiger partial charge in [-0.05, 0) is 55.7 Å². The van der Waals surface area contributed by atoms with E-state index in [4.69, 9.17) is 4.74 Å². The molecule has 0 unspecified atom stereocenters. The summed E-state index contributed by atoms with van der Waals surface area (Å²) in [6.45, 7) is 6.23. The van der Waals surface area contributed by atoms with Gasteiger partial charge in [0.15, 0.2) is 11.6 Å². The van der Waals surface area contributed by atoms with Crippen LogP contribution in [0, 0.1) is 30.4 Å². The molecular formula is C22H34F2O. The zero-order valence-electron chi connectivity index (χ0n) is 16.2. The first-order valence-electron chi connectivity index (χ1n) is 10.2. The van der Waals surface area contributed by atoms with E-state index in [0.29, 0.717) is 18.6 Å². The molecule has 25 heavy (non-hydrogen) atoms. The Morgan fingerprint density at radius 3 is 2.20 bits per heavy atom. The van der Waals surface area contributed by atoms with Crippen LogP contribution in [0.15, 0.2) is 6.07 Å². The van der Waals surface area contributed by atoms with Crippen LogP contribution in [0.3, 0.4) is 0 Å². The van der Waals surface area contributed by atoms with E-state index >= 15 is 0 Å². The van der Waals surface area contributed by atoms with Crippen LogP contribution in [-0.2, 0) is 6.42 Å². The summed E-state index contributed by atoms with van der Waals surface area (Å²) in [5.74, 6) is 0.270. The Hall–Kier alpha value is -1.12. The second kappa shape index (κ2) is 10.1. The van der Waals surface area contributed by atoms with Crippen molar-refractivity contribution in [2.24, 2.45) is 11.8 Å². The van der Waals surface area contributed by atoms with Crippen molar-refractivity contribution in [3.63, 3.8) is 0 Å². The molecule has 0 atom stereocenters. The van der Waals surface area contributed by atoms with Gasteiger partial charge in [-0.1, -0.05) is 58.3 Å². The van der Waals surface area contributed by atoms with Crippen molar-refractivity contribution < 1.29 is 13.5 Å². The predicted octanol–water partition coefficient (Wildman–Crippen LogP) is 6.99. The minimum absolute atomic E-state index is 0.0325. The van der Waals surface area contributed by atoms with Crippen LogP contribution in [0.25, 0.3) is 0 Å². The minimum Gasteiger partial charge on any atom is -0.491 e. The van der Waals surface area contributed by atoms with Gasteiger partial charge in [-0.15, -0.1) is 0 Å². The Bertz CT molecular complexity index is 533. The van der Waals surface area contributed by atoms with E-state index in [1.54, 1.807) is 13.0 Å². The third-order valence-electron chi connectivity index (χ3n) is 5.75. The molecule has 1 aliphatic rings. The summed E-state index contributed by atoms with van der Waals surface area (Å²) < 4.78 is 33.5. The lowest BCUT2D eigenvalue weighted by Crippen LogP contribution is -2.14. The molecule has 1 saturated carbocycles. The molecule has 2 rings (SSSR count). The van der Waals surface area contributed by atoms with Crippen LogP contribution in [0.5, 0.6) is 5.75 Å². The van der Waals surface area contributed by atoms with E-state index in [1.807, 2.05) is 6.92 Å². The molecule has 0 spiro atoms. The number of halogens is 2. The molecule has 0 saturated heterocycles. The van der Waals surface area contributed by atoms with Gasteiger partial charge in [0.1, 0.15) is 0 Å². The number of ether oxygens (including phenoxy) is 1. The fourth-order valence-electron chi connectivity index (χ4n) is 4.28. The first kappa shape index (κ1) is 20.2. The minimum atomic E-state index is -0.836. The topological polar surface area (TPSA) is 9.23 Å². The van der Waals surface area contributed by atoms with Crippen molar-refractivity contribution in [3.05, 3.63) is 28.8 Å². The van der Waals surface area contributed by atoms with Crippen molar-refractivity contribution in [1.29, 1.82) is 0 Å². The highest BCUT2D eigenvalue weighted by Gasteiger charge is 2.21. The predicted molar refractivity (Wildman–Crippen MR) is 100 cm³/mol. The molecule has 142 valence electrons. The molecule has 0 amide bonds. The van der Waals surface area contributed by atoms with Crippen LogP contribution in [0.2, 0.25) is 0 Å². The SMILES string of the molecule is CCCC1CCC(CCCCc2c(C)cc(OCC)c(F)c2F)CC1. The second-order valence-corrected chi connectivity index (χ2v) is 7.65. The summed E-state index contributed by atoms with van der Waals surface area (Å²) >= 11 is 0. The maximum absolute atomic E-state index is 14.3. The van der Waals surface area contributed by atoms with E-state index in [-0.39, 0.29) is 5.75 Å². The van der Waals surface area contributed by atoms with Gasteiger partial charge < -0.3 is 4.74 Å². The second-order valence-electron chi connectivity index (χ2n) is 7.65. The number of benzene rings is 1. The molecule has 3 heteroatoms. The van der Waals surface area contributed by atoms with Crippen molar-refractivity contribution in [1.82, 2.24) is 0 Å². The number of hydrogen-bond acceptors (Lipinski definition) is 1. The summed E-state index contributed by atoms with van der Waals surface area (Å²) in [5, 5.41) is 0. The summed E-state index contributed by atoms with van der Waals surface area (Å²) in [5.41, 5.74) is 1.31. The van der Waals surface area contributed by atoms with Gasteiger partial charge in [-0.2, -0.15) is 4.39 Å². The van der Waals surface area contributed by atoms with Gasteiger partial charge in [0, 0.05) is 0 Å².